The molecule has 0 saturated carbocycles. The van der Waals surface area contributed by atoms with Crippen LogP contribution in [0.1, 0.15) is 36.8 Å². The highest BCUT2D eigenvalue weighted by Crippen LogP contribution is 2.50. The van der Waals surface area contributed by atoms with Gasteiger partial charge < -0.3 is 0 Å². The molecular weight excluding hydrogens is 723 g/mol. The Kier molecular flexibility index (Phi) is 9.21. The lowest BCUT2D eigenvalue weighted by Gasteiger charge is -2.26. The molecule has 1 heteroatoms. The number of nitrogens with zero attached hydrogens (tertiary/aromatic N) is 1. The van der Waals surface area contributed by atoms with E-state index in [-0.39, 0.29) is 0 Å². The molecule has 0 spiro atoms. The van der Waals surface area contributed by atoms with Gasteiger partial charge in [-0.15, -0.1) is 0 Å². The lowest BCUT2D eigenvalue weighted by molar-refractivity contribution is 1.04. The Bertz CT molecular complexity index is 3180. The Morgan fingerprint density at radius 3 is 1.48 bits per heavy atom. The quantitative estimate of drug-likeness (QED) is 0.147. The molecule has 0 saturated heterocycles. The molecule has 0 amide bonds. The van der Waals surface area contributed by atoms with Crippen molar-refractivity contribution in [1.82, 2.24) is 4.98 Å². The van der Waals surface area contributed by atoms with Crippen LogP contribution in [0.2, 0.25) is 0 Å². The minimum atomic E-state index is 0.990. The van der Waals surface area contributed by atoms with Crippen molar-refractivity contribution in [3.63, 3.8) is 0 Å². The third kappa shape index (κ3) is 6.31. The molecule has 60 heavy (non-hydrogen) atoms. The van der Waals surface area contributed by atoms with Crippen molar-refractivity contribution >= 4 is 43.5 Å². The van der Waals surface area contributed by atoms with Gasteiger partial charge in [0.1, 0.15) is 0 Å². The van der Waals surface area contributed by atoms with E-state index in [0.29, 0.717) is 0 Å². The monoisotopic (exact) mass is 765 g/mol. The molecule has 1 nitrogen and oxygen atoms in total. The summed E-state index contributed by atoms with van der Waals surface area (Å²) in [5.41, 5.74) is 17.2. The van der Waals surface area contributed by atoms with Crippen molar-refractivity contribution in [1.29, 1.82) is 0 Å². The maximum absolute atomic E-state index is 5.08. The second-order valence-corrected chi connectivity index (χ2v) is 15.9. The molecule has 2 aliphatic carbocycles. The Labute approximate surface area is 352 Å². The summed E-state index contributed by atoms with van der Waals surface area (Å²) in [6.45, 7) is 0. The summed E-state index contributed by atoms with van der Waals surface area (Å²) >= 11 is 0. The van der Waals surface area contributed by atoms with Gasteiger partial charge in [-0.2, -0.15) is 0 Å². The van der Waals surface area contributed by atoms with E-state index < -0.39 is 0 Å². The van der Waals surface area contributed by atoms with Crippen molar-refractivity contribution in [2.75, 3.05) is 0 Å². The summed E-state index contributed by atoms with van der Waals surface area (Å²) < 4.78 is 0. The zero-order valence-corrected chi connectivity index (χ0v) is 33.5. The van der Waals surface area contributed by atoms with E-state index >= 15 is 0 Å². The van der Waals surface area contributed by atoms with Crippen LogP contribution < -0.4 is 0 Å². The fraction of sp³-hybridized carbons (Fsp3) is 0.0678. The standard InChI is InChI=1S/C59H43N/c1-5-20-40(21-6-1)52-38-53(57(42-24-9-3-10-25-42)58(43-26-11-4-12-27-43)56(52)41-22-7-2-8-23-41)45-30-19-31-46(36-45)55-48-32-15-17-34-50(48)59(51-35-18-16-33-49(51)55)54-37-44-28-13-14-29-47(44)39-60-54/h1,3,5-7,9-11,13-39H,2,4,8,12H2. The first-order chi connectivity index (χ1) is 29.8. The highest BCUT2D eigenvalue weighted by atomic mass is 14.7. The largest absolute Gasteiger partial charge is 0.256 e. The first-order valence-corrected chi connectivity index (χ1v) is 21.3. The molecular formula is C59H43N. The molecule has 284 valence electrons. The maximum Gasteiger partial charge on any atom is 0.0720 e. The molecule has 0 bridgehead atoms. The molecule has 1 aromatic heterocycles. The van der Waals surface area contributed by atoms with Crippen molar-refractivity contribution in [3.8, 4) is 55.8 Å². The zero-order chi connectivity index (χ0) is 39.8. The fourth-order valence-electron chi connectivity index (χ4n) is 9.62. The number of pyridine rings is 1. The van der Waals surface area contributed by atoms with Crippen molar-refractivity contribution < 1.29 is 0 Å². The van der Waals surface area contributed by atoms with Gasteiger partial charge >= 0.3 is 0 Å². The van der Waals surface area contributed by atoms with Gasteiger partial charge in [0.05, 0.1) is 5.69 Å². The van der Waals surface area contributed by atoms with E-state index in [1.165, 1.54) is 99.3 Å². The highest BCUT2D eigenvalue weighted by molar-refractivity contribution is 6.21. The molecule has 0 unspecified atom stereocenters. The smallest absolute Gasteiger partial charge is 0.0720 e. The third-order valence-electron chi connectivity index (χ3n) is 12.3. The van der Waals surface area contributed by atoms with E-state index in [1.54, 1.807) is 0 Å². The van der Waals surface area contributed by atoms with E-state index in [4.69, 9.17) is 4.98 Å². The molecule has 0 aliphatic heterocycles. The Balaban J connectivity index is 1.21. The highest BCUT2D eigenvalue weighted by Gasteiger charge is 2.26. The summed E-state index contributed by atoms with van der Waals surface area (Å²) in [5.74, 6) is 0. The van der Waals surface area contributed by atoms with E-state index in [0.717, 1.165) is 36.8 Å². The van der Waals surface area contributed by atoms with Crippen molar-refractivity contribution in [2.45, 2.75) is 25.7 Å². The van der Waals surface area contributed by atoms with Gasteiger partial charge in [-0.1, -0.05) is 188 Å². The predicted molar refractivity (Wildman–Crippen MR) is 257 cm³/mol. The molecule has 0 N–H and O–H groups in total. The molecule has 9 aromatic rings. The van der Waals surface area contributed by atoms with Crippen LogP contribution >= 0.6 is 0 Å². The number of hydrogen-bond acceptors (Lipinski definition) is 1. The molecule has 2 aliphatic rings. The van der Waals surface area contributed by atoms with Gasteiger partial charge in [-0.25, -0.2) is 0 Å². The second-order valence-electron chi connectivity index (χ2n) is 15.9. The van der Waals surface area contributed by atoms with Gasteiger partial charge in [0, 0.05) is 17.1 Å². The lowest BCUT2D eigenvalue weighted by Crippen LogP contribution is -2.04. The number of aromatic nitrogens is 1. The van der Waals surface area contributed by atoms with Crippen LogP contribution in [0.25, 0.3) is 99.2 Å². The number of rotatable bonds is 7. The van der Waals surface area contributed by atoms with Gasteiger partial charge in [-0.05, 0) is 138 Å². The molecule has 0 fully saturated rings. The molecule has 0 radical (unpaired) electrons. The summed E-state index contributed by atoms with van der Waals surface area (Å²) in [7, 11) is 0. The topological polar surface area (TPSA) is 12.9 Å². The number of benzene rings is 8. The minimum Gasteiger partial charge on any atom is -0.256 e. The summed E-state index contributed by atoms with van der Waals surface area (Å²) in [6, 6.07) is 62.4. The SMILES string of the molecule is C1=CC(c2c(-c3ccccc3)cc(-c3cccc(-c4c5ccccc5c(-c5cc6ccccc6cn5)c5ccccc45)c3)c(-c3ccccc3)c2C2=CCCC=C2)=CCC1. The van der Waals surface area contributed by atoms with Gasteiger partial charge in [0.2, 0.25) is 0 Å². The van der Waals surface area contributed by atoms with Crippen LogP contribution in [0.15, 0.2) is 213 Å². The molecule has 11 rings (SSSR count). The minimum absolute atomic E-state index is 0.990. The maximum atomic E-state index is 5.08. The summed E-state index contributed by atoms with van der Waals surface area (Å²) in [5, 5.41) is 7.18. The van der Waals surface area contributed by atoms with Crippen LogP contribution in [0.5, 0.6) is 0 Å². The van der Waals surface area contributed by atoms with E-state index in [1.807, 2.05) is 6.20 Å². The zero-order valence-electron chi connectivity index (χ0n) is 33.5. The predicted octanol–water partition coefficient (Wildman–Crippen LogP) is 16.3. The number of fused-ring (bicyclic) bond motifs is 3. The van der Waals surface area contributed by atoms with Gasteiger partial charge in [0.15, 0.2) is 0 Å². The molecule has 0 atom stereocenters. The second kappa shape index (κ2) is 15.4. The van der Waals surface area contributed by atoms with E-state index in [2.05, 4.69) is 206 Å². The van der Waals surface area contributed by atoms with Crippen LogP contribution in [0.3, 0.4) is 0 Å². The lowest BCUT2D eigenvalue weighted by atomic mass is 9.77. The fourth-order valence-corrected chi connectivity index (χ4v) is 9.62. The van der Waals surface area contributed by atoms with Crippen molar-refractivity contribution in [3.05, 3.63) is 224 Å². The van der Waals surface area contributed by atoms with Gasteiger partial charge in [0.25, 0.3) is 0 Å². The average Bonchev–Trinajstić information content (AvgIpc) is 3.33. The molecule has 8 aromatic carbocycles. The Morgan fingerprint density at radius 1 is 0.333 bits per heavy atom. The average molecular weight is 766 g/mol. The Hall–Kier alpha value is -7.35. The molecule has 1 heterocycles. The first-order valence-electron chi connectivity index (χ1n) is 21.3. The summed E-state index contributed by atoms with van der Waals surface area (Å²) in [6.07, 6.45) is 20.5. The van der Waals surface area contributed by atoms with Crippen LogP contribution in [-0.4, -0.2) is 4.98 Å². The van der Waals surface area contributed by atoms with Crippen molar-refractivity contribution in [2.24, 2.45) is 0 Å². The van der Waals surface area contributed by atoms with Crippen LogP contribution in [0.4, 0.5) is 0 Å². The number of hydrogen-bond donors (Lipinski definition) is 0. The summed E-state index contributed by atoms with van der Waals surface area (Å²) in [4.78, 5) is 5.08. The normalized spacial score (nSPS) is 13.8. The van der Waals surface area contributed by atoms with E-state index in [9.17, 15) is 0 Å². The third-order valence-corrected chi connectivity index (χ3v) is 12.3. The number of allylic oxidation sites excluding steroid dienone is 8. The van der Waals surface area contributed by atoms with Gasteiger partial charge in [-0.3, -0.25) is 4.98 Å². The first kappa shape index (κ1) is 35.8. The Morgan fingerprint density at radius 2 is 0.850 bits per heavy atom. The van der Waals surface area contributed by atoms with Crippen LogP contribution in [0, 0.1) is 0 Å². The van der Waals surface area contributed by atoms with Crippen LogP contribution in [-0.2, 0) is 0 Å².